The molecule has 0 aromatic carbocycles. The van der Waals surface area contributed by atoms with Crippen LogP contribution in [0.5, 0.6) is 5.75 Å². The highest BCUT2D eigenvalue weighted by Crippen LogP contribution is 2.29. The van der Waals surface area contributed by atoms with E-state index in [1.165, 1.54) is 14.0 Å². The summed E-state index contributed by atoms with van der Waals surface area (Å²) in [5, 5.41) is 0. The van der Waals surface area contributed by atoms with E-state index in [-0.39, 0.29) is 12.3 Å². The predicted octanol–water partition coefficient (Wildman–Crippen LogP) is 1.66. The van der Waals surface area contributed by atoms with E-state index in [1.807, 2.05) is 0 Å². The van der Waals surface area contributed by atoms with Crippen LogP contribution in [0.3, 0.4) is 0 Å². The van der Waals surface area contributed by atoms with Crippen LogP contribution in [0.25, 0.3) is 0 Å². The minimum atomic E-state index is -0.0155. The highest BCUT2D eigenvalue weighted by Gasteiger charge is 2.14. The molecule has 0 radical (unpaired) electrons. The summed E-state index contributed by atoms with van der Waals surface area (Å²) in [6.07, 6.45) is 2.33. The molecule has 1 heterocycles. The average molecular weight is 260 g/mol. The van der Waals surface area contributed by atoms with Crippen molar-refractivity contribution in [2.45, 2.75) is 13.5 Å². The molecule has 76 valence electrons. The number of carbonyl (C=O) groups is 2. The van der Waals surface area contributed by atoms with E-state index in [4.69, 9.17) is 4.74 Å². The summed E-state index contributed by atoms with van der Waals surface area (Å²) in [5.41, 5.74) is 0.370. The maximum Gasteiger partial charge on any atom is 0.170 e. The number of ether oxygens (including phenoxy) is 1. The van der Waals surface area contributed by atoms with Gasteiger partial charge in [-0.3, -0.25) is 9.59 Å². The number of rotatable bonds is 4. The fourth-order valence-electron chi connectivity index (χ4n) is 1.21. The molecule has 0 saturated carbocycles. The molecule has 0 unspecified atom stereocenters. The van der Waals surface area contributed by atoms with Crippen LogP contribution < -0.4 is 4.74 Å². The van der Waals surface area contributed by atoms with E-state index < -0.39 is 0 Å². The van der Waals surface area contributed by atoms with Gasteiger partial charge in [0.15, 0.2) is 12.0 Å². The Morgan fingerprint density at radius 2 is 2.36 bits per heavy atom. The molecule has 0 spiro atoms. The first-order chi connectivity index (χ1) is 6.60. The van der Waals surface area contributed by atoms with Crippen molar-refractivity contribution in [1.29, 1.82) is 0 Å². The molecule has 1 rings (SSSR count). The molecule has 4 nitrogen and oxygen atoms in total. The van der Waals surface area contributed by atoms with Gasteiger partial charge in [-0.2, -0.15) is 0 Å². The lowest BCUT2D eigenvalue weighted by atomic mass is 10.4. The Morgan fingerprint density at radius 1 is 1.71 bits per heavy atom. The van der Waals surface area contributed by atoms with E-state index >= 15 is 0 Å². The number of aromatic nitrogens is 1. The van der Waals surface area contributed by atoms with Crippen molar-refractivity contribution in [3.05, 3.63) is 16.4 Å². The van der Waals surface area contributed by atoms with Crippen LogP contribution in [0.4, 0.5) is 0 Å². The molecule has 1 aromatic heterocycles. The summed E-state index contributed by atoms with van der Waals surface area (Å²) in [4.78, 5) is 21.7. The molecule has 1 aromatic rings. The van der Waals surface area contributed by atoms with Gasteiger partial charge in [0, 0.05) is 6.20 Å². The normalized spacial score (nSPS) is 9.93. The smallest absolute Gasteiger partial charge is 0.170 e. The van der Waals surface area contributed by atoms with Crippen LogP contribution in [0.15, 0.2) is 10.7 Å². The molecule has 0 N–H and O–H groups in total. The molecule has 0 fully saturated rings. The zero-order valence-electron chi connectivity index (χ0n) is 7.91. The number of halogens is 1. The number of nitrogens with zero attached hydrogens (tertiary/aromatic N) is 1. The predicted molar refractivity (Wildman–Crippen MR) is 54.8 cm³/mol. The number of methoxy groups -OCH3 is 1. The van der Waals surface area contributed by atoms with Gasteiger partial charge in [0.05, 0.1) is 18.1 Å². The molecule has 14 heavy (non-hydrogen) atoms. The van der Waals surface area contributed by atoms with Crippen LogP contribution in [0.1, 0.15) is 17.4 Å². The molecule has 0 saturated heterocycles. The SMILES string of the molecule is COc1c(Br)cn(CC(C)=O)c1C=O. The minimum Gasteiger partial charge on any atom is -0.493 e. The van der Waals surface area contributed by atoms with Gasteiger partial charge in [-0.15, -0.1) is 0 Å². The largest absolute Gasteiger partial charge is 0.493 e. The van der Waals surface area contributed by atoms with Crippen molar-refractivity contribution in [1.82, 2.24) is 4.57 Å². The van der Waals surface area contributed by atoms with Crippen molar-refractivity contribution >= 4 is 28.0 Å². The molecule has 0 aliphatic rings. The summed E-state index contributed by atoms with van der Waals surface area (Å²) in [6.45, 7) is 1.64. The first-order valence-electron chi connectivity index (χ1n) is 3.97. The van der Waals surface area contributed by atoms with E-state index in [2.05, 4.69) is 15.9 Å². The van der Waals surface area contributed by atoms with Gasteiger partial charge in [-0.05, 0) is 22.9 Å². The Morgan fingerprint density at radius 3 is 2.79 bits per heavy atom. The summed E-state index contributed by atoms with van der Waals surface area (Å²) in [5.74, 6) is 0.444. The first kappa shape index (κ1) is 11.0. The molecule has 0 aliphatic heterocycles. The Hall–Kier alpha value is -1.10. The lowest BCUT2D eigenvalue weighted by molar-refractivity contribution is -0.117. The second-order valence-electron chi connectivity index (χ2n) is 2.84. The number of hydrogen-bond donors (Lipinski definition) is 0. The van der Waals surface area contributed by atoms with Crippen molar-refractivity contribution < 1.29 is 14.3 Å². The monoisotopic (exact) mass is 259 g/mol. The van der Waals surface area contributed by atoms with E-state index in [0.717, 1.165) is 0 Å². The second-order valence-corrected chi connectivity index (χ2v) is 3.70. The number of hydrogen-bond acceptors (Lipinski definition) is 3. The number of carbonyl (C=O) groups excluding carboxylic acids is 2. The highest BCUT2D eigenvalue weighted by molar-refractivity contribution is 9.10. The van der Waals surface area contributed by atoms with Gasteiger partial charge < -0.3 is 9.30 Å². The van der Waals surface area contributed by atoms with Gasteiger partial charge in [0.2, 0.25) is 0 Å². The molecule has 0 atom stereocenters. The lowest BCUT2D eigenvalue weighted by Crippen LogP contribution is -2.08. The molecule has 0 bridgehead atoms. The third-order valence-electron chi connectivity index (χ3n) is 1.74. The van der Waals surface area contributed by atoms with Crippen molar-refractivity contribution in [2.75, 3.05) is 7.11 Å². The van der Waals surface area contributed by atoms with Gasteiger partial charge in [-0.25, -0.2) is 0 Å². The second kappa shape index (κ2) is 4.41. The zero-order valence-corrected chi connectivity index (χ0v) is 9.50. The number of ketones is 1. The third-order valence-corrected chi connectivity index (χ3v) is 2.30. The van der Waals surface area contributed by atoms with Gasteiger partial charge in [0.1, 0.15) is 11.5 Å². The van der Waals surface area contributed by atoms with Crippen LogP contribution in [0.2, 0.25) is 0 Å². The summed E-state index contributed by atoms with van der Waals surface area (Å²) in [6, 6.07) is 0. The quantitative estimate of drug-likeness (QED) is 0.773. The standard InChI is InChI=1S/C9H10BrNO3/c1-6(13)3-11-4-7(10)9(14-2)8(11)5-12/h4-5H,3H2,1-2H3. The first-order valence-corrected chi connectivity index (χ1v) is 4.76. The highest BCUT2D eigenvalue weighted by atomic mass is 79.9. The molecule has 0 amide bonds. The van der Waals surface area contributed by atoms with E-state index in [1.54, 1.807) is 10.8 Å². The molecular formula is C9H10BrNO3. The van der Waals surface area contributed by atoms with Gasteiger partial charge in [0.25, 0.3) is 0 Å². The Bertz CT molecular complexity index is 370. The molecule has 0 aliphatic carbocycles. The van der Waals surface area contributed by atoms with Gasteiger partial charge >= 0.3 is 0 Å². The number of aldehydes is 1. The lowest BCUT2D eigenvalue weighted by Gasteiger charge is -2.02. The van der Waals surface area contributed by atoms with Crippen LogP contribution >= 0.6 is 15.9 Å². The fraction of sp³-hybridized carbons (Fsp3) is 0.333. The minimum absolute atomic E-state index is 0.0155. The van der Waals surface area contributed by atoms with Crippen LogP contribution in [0, 0.1) is 0 Å². The average Bonchev–Trinajstić information content (AvgIpc) is 2.39. The Kier molecular flexibility index (Phi) is 3.46. The van der Waals surface area contributed by atoms with Crippen molar-refractivity contribution in [2.24, 2.45) is 0 Å². The summed E-state index contributed by atoms with van der Waals surface area (Å²) >= 11 is 3.24. The summed E-state index contributed by atoms with van der Waals surface area (Å²) < 4.78 is 7.24. The summed E-state index contributed by atoms with van der Waals surface area (Å²) in [7, 11) is 1.48. The van der Waals surface area contributed by atoms with E-state index in [9.17, 15) is 9.59 Å². The van der Waals surface area contributed by atoms with Crippen molar-refractivity contribution in [3.8, 4) is 5.75 Å². The zero-order chi connectivity index (χ0) is 10.7. The maximum atomic E-state index is 10.9. The molecular weight excluding hydrogens is 250 g/mol. The van der Waals surface area contributed by atoms with Crippen LogP contribution in [-0.4, -0.2) is 23.7 Å². The Labute approximate surface area is 90.0 Å². The molecule has 5 heteroatoms. The maximum absolute atomic E-state index is 10.9. The van der Waals surface area contributed by atoms with E-state index in [0.29, 0.717) is 22.2 Å². The Balaban J connectivity index is 3.16. The fourth-order valence-corrected chi connectivity index (χ4v) is 1.82. The van der Waals surface area contributed by atoms with Gasteiger partial charge in [-0.1, -0.05) is 0 Å². The topological polar surface area (TPSA) is 48.3 Å². The van der Waals surface area contributed by atoms with Crippen LogP contribution in [-0.2, 0) is 11.3 Å². The third kappa shape index (κ3) is 2.04. The van der Waals surface area contributed by atoms with Crippen molar-refractivity contribution in [3.63, 3.8) is 0 Å². The number of Topliss-reactive ketones (excluding diaryl/α,β-unsaturated/α-hetero) is 1.